The Morgan fingerprint density at radius 1 is 0.759 bits per heavy atom. The molecular formula is C22H49BN5U-. The Morgan fingerprint density at radius 2 is 1.03 bits per heavy atom. The van der Waals surface area contributed by atoms with Crippen LogP contribution in [0.25, 0.3) is 5.32 Å². The Labute approximate surface area is 209 Å². The molecule has 0 N–H and O–H groups in total. The van der Waals surface area contributed by atoms with E-state index in [0.29, 0.717) is 0 Å². The van der Waals surface area contributed by atoms with Gasteiger partial charge in [-0.1, -0.05) is 27.7 Å². The first-order valence-electron chi connectivity index (χ1n) is 10.2. The minimum Gasteiger partial charge on any atom is -0.665 e. The third kappa shape index (κ3) is 35.6. The number of anilines is 2. The van der Waals surface area contributed by atoms with Crippen molar-refractivity contribution in [1.29, 1.82) is 0 Å². The summed E-state index contributed by atoms with van der Waals surface area (Å²) in [5.41, 5.74) is 2.52. The first kappa shape index (κ1) is 39.3. The molecule has 7 heteroatoms. The van der Waals surface area contributed by atoms with Crippen LogP contribution in [0.4, 0.5) is 11.4 Å². The van der Waals surface area contributed by atoms with Gasteiger partial charge in [-0.3, -0.25) is 0 Å². The second kappa shape index (κ2) is 30.0. The zero-order chi connectivity index (χ0) is 23.1. The van der Waals surface area contributed by atoms with E-state index < -0.39 is 0 Å². The molecule has 0 amide bonds. The van der Waals surface area contributed by atoms with E-state index in [1.807, 2.05) is 20.8 Å². The van der Waals surface area contributed by atoms with Gasteiger partial charge in [-0.05, 0) is 65.9 Å². The third-order valence-corrected chi connectivity index (χ3v) is 3.23. The molecule has 0 heterocycles. The molecule has 0 fully saturated rings. The fourth-order valence-electron chi connectivity index (χ4n) is 1.19. The predicted molar refractivity (Wildman–Crippen MR) is 135 cm³/mol. The van der Waals surface area contributed by atoms with Crippen molar-refractivity contribution in [3.05, 3.63) is 29.6 Å². The zero-order valence-corrected chi connectivity index (χ0v) is 25.9. The first-order valence-corrected chi connectivity index (χ1v) is 10.2. The van der Waals surface area contributed by atoms with Crippen LogP contribution in [0.2, 0.25) is 0 Å². The number of benzene rings is 1. The molecule has 0 bridgehead atoms. The van der Waals surface area contributed by atoms with Crippen LogP contribution in [0.1, 0.15) is 34.6 Å². The second-order valence-corrected chi connectivity index (χ2v) is 6.42. The number of rotatable bonds is 5. The fourth-order valence-corrected chi connectivity index (χ4v) is 1.19. The Balaban J connectivity index is -0.000000100. The van der Waals surface area contributed by atoms with Gasteiger partial charge in [0.1, 0.15) is 0 Å². The van der Waals surface area contributed by atoms with Gasteiger partial charge in [0.15, 0.2) is 7.98 Å². The van der Waals surface area contributed by atoms with E-state index in [4.69, 9.17) is 7.98 Å². The molecule has 0 spiro atoms. The average molecular weight is 633 g/mol. The van der Waals surface area contributed by atoms with Crippen LogP contribution in [-0.2, 0) is 0 Å². The summed E-state index contributed by atoms with van der Waals surface area (Å²) < 4.78 is 0. The Kier molecular flexibility index (Phi) is 40.7. The summed E-state index contributed by atoms with van der Waals surface area (Å²) in [6, 6.07) is 8.58. The molecule has 0 aliphatic rings. The Hall–Kier alpha value is -0.183. The van der Waals surface area contributed by atoms with E-state index in [1.165, 1.54) is 16.2 Å². The van der Waals surface area contributed by atoms with Gasteiger partial charge in [0.2, 0.25) is 0 Å². The van der Waals surface area contributed by atoms with Gasteiger partial charge in [0.25, 0.3) is 0 Å². The minimum atomic E-state index is 0. The number of hydrogen-bond donors (Lipinski definition) is 0. The minimum absolute atomic E-state index is 0. The van der Waals surface area contributed by atoms with Crippen LogP contribution in [0.5, 0.6) is 0 Å². The van der Waals surface area contributed by atoms with Gasteiger partial charge in [-0.25, -0.2) is 0 Å². The summed E-state index contributed by atoms with van der Waals surface area (Å²) >= 11 is 0. The van der Waals surface area contributed by atoms with Crippen molar-refractivity contribution < 1.29 is 31.1 Å². The maximum Gasteiger partial charge on any atom is 0.181 e. The molecule has 1 aromatic rings. The van der Waals surface area contributed by atoms with Crippen molar-refractivity contribution in [1.82, 2.24) is 9.71 Å². The van der Waals surface area contributed by atoms with Gasteiger partial charge in [0, 0.05) is 70.2 Å². The quantitative estimate of drug-likeness (QED) is 0.449. The Morgan fingerprint density at radius 3 is 1.21 bits per heavy atom. The number of nitrogens with zero attached hydrogens (tertiary/aromatic N) is 5. The molecule has 1 rings (SSSR count). The SMILES string of the molecule is CC.CCN(C)C.CCN(C)c1ccc(N(C)C)cc1.CC[N-]C.[B]N(C)C.[U]. The largest absolute Gasteiger partial charge is 0.665 e. The number of hydrogen-bond acceptors (Lipinski definition) is 4. The van der Waals surface area contributed by atoms with Crippen molar-refractivity contribution >= 4 is 19.4 Å². The molecule has 29 heavy (non-hydrogen) atoms. The van der Waals surface area contributed by atoms with Crippen molar-refractivity contribution in [3.63, 3.8) is 0 Å². The maximum absolute atomic E-state index is 4.94. The van der Waals surface area contributed by atoms with Gasteiger partial charge in [-0.15, -0.1) is 0 Å². The van der Waals surface area contributed by atoms with Crippen molar-refractivity contribution in [2.24, 2.45) is 0 Å². The standard InChI is InChI=1S/C11H18N2.C4H11N.C3H8N.C2H6BN.C2H6.U/c1-5-13(4)11-8-6-10(7-9-11)12(2)3;1-4-5(2)3;1-3-4-2;1-4(2)3;1-2;/h6-9H,5H2,1-4H3;4H2,1-3H3;3H2,1-2H3;1-2H3;1-2H3;/q;;-1;;;. The smallest absolute Gasteiger partial charge is 0.181 e. The molecule has 0 saturated carbocycles. The molecule has 0 aromatic heterocycles. The van der Waals surface area contributed by atoms with Crippen LogP contribution in [0, 0.1) is 31.1 Å². The van der Waals surface area contributed by atoms with Crippen LogP contribution in [-0.4, -0.2) is 93.7 Å². The average Bonchev–Trinajstić information content (AvgIpc) is 2.69. The monoisotopic (exact) mass is 632 g/mol. The molecule has 0 aliphatic carbocycles. The fraction of sp³-hybridized carbons (Fsp3) is 0.727. The van der Waals surface area contributed by atoms with Crippen molar-refractivity contribution in [2.45, 2.75) is 34.6 Å². The molecule has 0 unspecified atom stereocenters. The maximum atomic E-state index is 4.94. The summed E-state index contributed by atoms with van der Waals surface area (Å²) in [5, 5.41) is 3.74. The van der Waals surface area contributed by atoms with E-state index in [2.05, 4.69) is 93.4 Å². The molecule has 0 saturated heterocycles. The molecule has 2 radical (unpaired) electrons. The first-order chi connectivity index (χ1) is 13.1. The normalized spacial score (nSPS) is 8.52. The zero-order valence-electron chi connectivity index (χ0n) is 21.7. The van der Waals surface area contributed by atoms with Gasteiger partial charge in [-0.2, -0.15) is 13.6 Å². The van der Waals surface area contributed by atoms with E-state index in [1.54, 1.807) is 21.1 Å². The second-order valence-electron chi connectivity index (χ2n) is 6.42. The predicted octanol–water partition coefficient (Wildman–Crippen LogP) is 4.44. The van der Waals surface area contributed by atoms with E-state index >= 15 is 0 Å². The molecular weight excluding hydrogens is 583 g/mol. The van der Waals surface area contributed by atoms with Crippen LogP contribution >= 0.6 is 0 Å². The van der Waals surface area contributed by atoms with Crippen molar-refractivity contribution in [3.8, 4) is 0 Å². The third-order valence-electron chi connectivity index (χ3n) is 3.23. The summed E-state index contributed by atoms with van der Waals surface area (Å²) in [7, 11) is 20.6. The van der Waals surface area contributed by atoms with Crippen LogP contribution in [0.3, 0.4) is 0 Å². The van der Waals surface area contributed by atoms with Crippen LogP contribution in [0.15, 0.2) is 24.3 Å². The van der Waals surface area contributed by atoms with E-state index in [0.717, 1.165) is 19.6 Å². The van der Waals surface area contributed by atoms with Gasteiger partial charge in [0.05, 0.1) is 0 Å². The summed E-state index contributed by atoms with van der Waals surface area (Å²) in [6.45, 7) is 13.4. The van der Waals surface area contributed by atoms with Crippen molar-refractivity contribution in [2.75, 3.05) is 85.8 Å². The van der Waals surface area contributed by atoms with Gasteiger partial charge < -0.3 is 24.8 Å². The van der Waals surface area contributed by atoms with Gasteiger partial charge >= 0.3 is 0 Å². The topological polar surface area (TPSA) is 27.1 Å². The summed E-state index contributed by atoms with van der Waals surface area (Å²) in [6.07, 6.45) is 0. The Bertz CT molecular complexity index is 383. The van der Waals surface area contributed by atoms with E-state index in [9.17, 15) is 0 Å². The molecule has 1 aromatic carbocycles. The summed E-state index contributed by atoms with van der Waals surface area (Å²) in [4.78, 5) is 7.95. The summed E-state index contributed by atoms with van der Waals surface area (Å²) in [5.74, 6) is 0. The van der Waals surface area contributed by atoms with E-state index in [-0.39, 0.29) is 31.1 Å². The molecule has 5 nitrogen and oxygen atoms in total. The molecule has 0 atom stereocenters. The molecule has 0 aliphatic heterocycles. The molecule has 170 valence electrons. The van der Waals surface area contributed by atoms with Crippen LogP contribution < -0.4 is 9.80 Å².